The van der Waals surface area contributed by atoms with E-state index >= 15 is 0 Å². The SMILES string of the molecule is CCC(NC(=O)CC1CCCCS1)C(=O)O. The molecule has 16 heavy (non-hydrogen) atoms. The van der Waals surface area contributed by atoms with Crippen LogP contribution in [0, 0.1) is 0 Å². The van der Waals surface area contributed by atoms with Gasteiger partial charge in [0.25, 0.3) is 0 Å². The molecular weight excluding hydrogens is 226 g/mol. The maximum Gasteiger partial charge on any atom is 0.326 e. The fourth-order valence-corrected chi connectivity index (χ4v) is 3.07. The molecule has 0 saturated carbocycles. The summed E-state index contributed by atoms with van der Waals surface area (Å²) in [7, 11) is 0. The minimum Gasteiger partial charge on any atom is -0.480 e. The number of rotatable bonds is 5. The molecule has 1 saturated heterocycles. The van der Waals surface area contributed by atoms with Gasteiger partial charge in [0.15, 0.2) is 0 Å². The maximum absolute atomic E-state index is 11.6. The molecule has 0 spiro atoms. The molecule has 5 heteroatoms. The quantitative estimate of drug-likeness (QED) is 0.772. The van der Waals surface area contributed by atoms with Crippen LogP contribution in [0.1, 0.15) is 39.0 Å². The molecule has 4 nitrogen and oxygen atoms in total. The van der Waals surface area contributed by atoms with Crippen molar-refractivity contribution in [2.45, 2.75) is 50.3 Å². The number of carboxylic acids is 1. The molecule has 92 valence electrons. The Balaban J connectivity index is 2.31. The van der Waals surface area contributed by atoms with Crippen LogP contribution in [0.25, 0.3) is 0 Å². The molecule has 2 unspecified atom stereocenters. The smallest absolute Gasteiger partial charge is 0.326 e. The Bertz CT molecular complexity index is 252. The predicted octanol–water partition coefficient (Wildman–Crippen LogP) is 1.64. The van der Waals surface area contributed by atoms with Crippen molar-refractivity contribution in [3.8, 4) is 0 Å². The number of nitrogens with one attached hydrogen (secondary N) is 1. The number of thioether (sulfide) groups is 1. The Morgan fingerprint density at radius 2 is 2.25 bits per heavy atom. The number of hydrogen-bond acceptors (Lipinski definition) is 3. The second-order valence-corrected chi connectivity index (χ2v) is 5.47. The zero-order chi connectivity index (χ0) is 12.0. The third-order valence-corrected chi connectivity index (χ3v) is 4.13. The molecule has 1 amide bonds. The van der Waals surface area contributed by atoms with Gasteiger partial charge in [-0.1, -0.05) is 13.3 Å². The summed E-state index contributed by atoms with van der Waals surface area (Å²) in [5.41, 5.74) is 0. The summed E-state index contributed by atoms with van der Waals surface area (Å²) < 4.78 is 0. The van der Waals surface area contributed by atoms with E-state index in [1.165, 1.54) is 12.8 Å². The van der Waals surface area contributed by atoms with Crippen LogP contribution in [0.4, 0.5) is 0 Å². The van der Waals surface area contributed by atoms with Gasteiger partial charge in [-0.25, -0.2) is 4.79 Å². The Morgan fingerprint density at radius 3 is 2.75 bits per heavy atom. The van der Waals surface area contributed by atoms with Crippen molar-refractivity contribution in [3.05, 3.63) is 0 Å². The van der Waals surface area contributed by atoms with E-state index in [1.807, 2.05) is 11.8 Å². The van der Waals surface area contributed by atoms with E-state index in [9.17, 15) is 9.59 Å². The Hall–Kier alpha value is -0.710. The van der Waals surface area contributed by atoms with E-state index in [0.717, 1.165) is 12.2 Å². The van der Waals surface area contributed by atoms with Crippen LogP contribution in [0.3, 0.4) is 0 Å². The van der Waals surface area contributed by atoms with Crippen LogP contribution in [-0.4, -0.2) is 34.0 Å². The number of carbonyl (C=O) groups excluding carboxylic acids is 1. The Morgan fingerprint density at radius 1 is 1.50 bits per heavy atom. The topological polar surface area (TPSA) is 66.4 Å². The standard InChI is InChI=1S/C11H19NO3S/c1-2-9(11(14)15)12-10(13)7-8-5-3-4-6-16-8/h8-9H,2-7H2,1H3,(H,12,13)(H,14,15). The second kappa shape index (κ2) is 6.78. The van der Waals surface area contributed by atoms with Gasteiger partial charge >= 0.3 is 5.97 Å². The minimum atomic E-state index is -0.952. The lowest BCUT2D eigenvalue weighted by Crippen LogP contribution is -2.41. The number of carboxylic acid groups (broad SMARTS) is 1. The first kappa shape index (κ1) is 13.4. The lowest BCUT2D eigenvalue weighted by Gasteiger charge is -2.21. The van der Waals surface area contributed by atoms with Gasteiger partial charge < -0.3 is 10.4 Å². The number of aliphatic carboxylic acids is 1. The van der Waals surface area contributed by atoms with Crippen molar-refractivity contribution in [1.29, 1.82) is 0 Å². The average Bonchev–Trinajstić information content (AvgIpc) is 2.27. The molecule has 2 N–H and O–H groups in total. The molecule has 0 radical (unpaired) electrons. The lowest BCUT2D eigenvalue weighted by atomic mass is 10.1. The third-order valence-electron chi connectivity index (χ3n) is 2.73. The van der Waals surface area contributed by atoms with Crippen LogP contribution < -0.4 is 5.32 Å². The molecule has 0 aromatic rings. The van der Waals surface area contributed by atoms with Crippen molar-refractivity contribution in [1.82, 2.24) is 5.32 Å². The van der Waals surface area contributed by atoms with Crippen molar-refractivity contribution in [3.63, 3.8) is 0 Å². The van der Waals surface area contributed by atoms with E-state index < -0.39 is 12.0 Å². The Kier molecular flexibility index (Phi) is 5.66. The first-order valence-electron chi connectivity index (χ1n) is 5.77. The first-order valence-corrected chi connectivity index (χ1v) is 6.82. The maximum atomic E-state index is 11.6. The molecule has 2 atom stereocenters. The molecule has 1 aliphatic rings. The van der Waals surface area contributed by atoms with Crippen molar-refractivity contribution in [2.75, 3.05) is 5.75 Å². The van der Waals surface area contributed by atoms with Gasteiger partial charge in [0.2, 0.25) is 5.91 Å². The number of carbonyl (C=O) groups is 2. The molecule has 0 aliphatic carbocycles. The van der Waals surface area contributed by atoms with Crippen LogP contribution >= 0.6 is 11.8 Å². The highest BCUT2D eigenvalue weighted by Crippen LogP contribution is 2.27. The number of hydrogen-bond donors (Lipinski definition) is 2. The van der Waals surface area contributed by atoms with E-state index in [-0.39, 0.29) is 5.91 Å². The monoisotopic (exact) mass is 245 g/mol. The summed E-state index contributed by atoms with van der Waals surface area (Å²) in [4.78, 5) is 22.3. The summed E-state index contributed by atoms with van der Waals surface area (Å²) in [6, 6.07) is -0.735. The van der Waals surface area contributed by atoms with Crippen LogP contribution in [0.5, 0.6) is 0 Å². The van der Waals surface area contributed by atoms with Crippen LogP contribution in [-0.2, 0) is 9.59 Å². The zero-order valence-corrected chi connectivity index (χ0v) is 10.4. The molecule has 0 bridgehead atoms. The van der Waals surface area contributed by atoms with Crippen LogP contribution in [0.2, 0.25) is 0 Å². The fourth-order valence-electron chi connectivity index (χ4n) is 1.77. The second-order valence-electron chi connectivity index (χ2n) is 4.06. The number of amides is 1. The van der Waals surface area contributed by atoms with Crippen molar-refractivity contribution < 1.29 is 14.7 Å². The normalized spacial score (nSPS) is 22.4. The van der Waals surface area contributed by atoms with E-state index in [4.69, 9.17) is 5.11 Å². The first-order chi connectivity index (χ1) is 7.63. The highest BCUT2D eigenvalue weighted by Gasteiger charge is 2.21. The molecule has 1 heterocycles. The predicted molar refractivity (Wildman–Crippen MR) is 64.6 cm³/mol. The Labute approximate surface area is 100 Å². The summed E-state index contributed by atoms with van der Waals surface area (Å²) >= 11 is 1.83. The third kappa shape index (κ3) is 4.43. The zero-order valence-electron chi connectivity index (χ0n) is 9.57. The molecule has 0 aromatic carbocycles. The van der Waals surface area contributed by atoms with Gasteiger partial charge in [-0.2, -0.15) is 11.8 Å². The van der Waals surface area contributed by atoms with Gasteiger partial charge in [0.05, 0.1) is 0 Å². The highest BCUT2D eigenvalue weighted by molar-refractivity contribution is 7.99. The van der Waals surface area contributed by atoms with Gasteiger partial charge in [0, 0.05) is 11.7 Å². The van der Waals surface area contributed by atoms with E-state index in [0.29, 0.717) is 18.1 Å². The summed E-state index contributed by atoms with van der Waals surface area (Å²) in [6.45, 7) is 1.76. The molecule has 1 fully saturated rings. The van der Waals surface area contributed by atoms with Crippen LogP contribution in [0.15, 0.2) is 0 Å². The van der Waals surface area contributed by atoms with Gasteiger partial charge in [-0.05, 0) is 25.0 Å². The lowest BCUT2D eigenvalue weighted by molar-refractivity contribution is -0.141. The summed E-state index contributed by atoms with van der Waals surface area (Å²) in [5.74, 6) is 0.0365. The van der Waals surface area contributed by atoms with Crippen molar-refractivity contribution >= 4 is 23.6 Å². The molecular formula is C11H19NO3S. The van der Waals surface area contributed by atoms with Gasteiger partial charge in [0.1, 0.15) is 6.04 Å². The largest absolute Gasteiger partial charge is 0.480 e. The minimum absolute atomic E-state index is 0.131. The molecule has 1 aliphatic heterocycles. The summed E-state index contributed by atoms with van der Waals surface area (Å²) in [6.07, 6.45) is 4.37. The average molecular weight is 245 g/mol. The van der Waals surface area contributed by atoms with Crippen molar-refractivity contribution in [2.24, 2.45) is 0 Å². The highest BCUT2D eigenvalue weighted by atomic mass is 32.2. The van der Waals surface area contributed by atoms with Gasteiger partial charge in [-0.3, -0.25) is 4.79 Å². The summed E-state index contributed by atoms with van der Waals surface area (Å²) in [5, 5.41) is 11.7. The molecule has 0 aromatic heterocycles. The molecule has 1 rings (SSSR count). The van der Waals surface area contributed by atoms with Gasteiger partial charge in [-0.15, -0.1) is 0 Å². The fraction of sp³-hybridized carbons (Fsp3) is 0.818. The van der Waals surface area contributed by atoms with E-state index in [2.05, 4.69) is 5.32 Å². The van der Waals surface area contributed by atoms with E-state index in [1.54, 1.807) is 6.92 Å².